The van der Waals surface area contributed by atoms with Gasteiger partial charge in [-0.15, -0.1) is 0 Å². The Morgan fingerprint density at radius 2 is 2.05 bits per heavy atom. The fourth-order valence-electron chi connectivity index (χ4n) is 1.70. The zero-order chi connectivity index (χ0) is 14.4. The number of amides is 1. The normalized spacial score (nSPS) is 13.3. The Kier molecular flexibility index (Phi) is 5.17. The largest absolute Gasteiger partial charge is 0.508 e. The Hall–Kier alpha value is -2.24. The third-order valence-corrected chi connectivity index (χ3v) is 2.76. The molecule has 19 heavy (non-hydrogen) atoms. The van der Waals surface area contributed by atoms with Gasteiger partial charge < -0.3 is 21.4 Å². The second-order valence-electron chi connectivity index (χ2n) is 4.62. The summed E-state index contributed by atoms with van der Waals surface area (Å²) in [5, 5.41) is 23.9. The van der Waals surface area contributed by atoms with Crippen molar-refractivity contribution in [3.8, 4) is 5.75 Å². The molecule has 0 radical (unpaired) electrons. The number of oxime groups is 1. The molecule has 0 fully saturated rings. The van der Waals surface area contributed by atoms with Gasteiger partial charge in [-0.3, -0.25) is 4.79 Å². The van der Waals surface area contributed by atoms with Crippen molar-refractivity contribution in [2.24, 2.45) is 16.8 Å². The zero-order valence-electron chi connectivity index (χ0n) is 11.0. The average Bonchev–Trinajstić information content (AvgIpc) is 2.37. The van der Waals surface area contributed by atoms with Crippen LogP contribution in [0, 0.1) is 5.92 Å². The van der Waals surface area contributed by atoms with Gasteiger partial charge in [-0.1, -0.05) is 37.2 Å². The molecule has 1 amide bonds. The average molecular weight is 265 g/mol. The first kappa shape index (κ1) is 14.8. The van der Waals surface area contributed by atoms with Gasteiger partial charge in [0.15, 0.2) is 5.84 Å². The molecule has 0 bridgehead atoms. The Bertz CT molecular complexity index is 472. The molecule has 6 nitrogen and oxygen atoms in total. The van der Waals surface area contributed by atoms with E-state index in [4.69, 9.17) is 10.9 Å². The number of rotatable bonds is 5. The molecule has 0 spiro atoms. The van der Waals surface area contributed by atoms with E-state index in [2.05, 4.69) is 10.5 Å². The van der Waals surface area contributed by atoms with E-state index in [1.165, 1.54) is 6.07 Å². The van der Waals surface area contributed by atoms with Crippen molar-refractivity contribution in [2.75, 3.05) is 0 Å². The van der Waals surface area contributed by atoms with Gasteiger partial charge in [0.25, 0.3) is 0 Å². The van der Waals surface area contributed by atoms with Gasteiger partial charge in [0.05, 0.1) is 12.5 Å². The lowest BCUT2D eigenvalue weighted by molar-refractivity contribution is -0.121. The Labute approximate surface area is 111 Å². The van der Waals surface area contributed by atoms with Crippen molar-refractivity contribution < 1.29 is 15.1 Å². The summed E-state index contributed by atoms with van der Waals surface area (Å²) in [7, 11) is 0. The van der Waals surface area contributed by atoms with Crippen LogP contribution in [-0.4, -0.2) is 28.1 Å². The maximum absolute atomic E-state index is 11.9. The molecule has 1 aromatic rings. The number of carbonyl (C=O) groups excluding carboxylic acids is 1. The van der Waals surface area contributed by atoms with E-state index >= 15 is 0 Å². The van der Waals surface area contributed by atoms with E-state index in [9.17, 15) is 9.90 Å². The third kappa shape index (κ3) is 4.17. The lowest BCUT2D eigenvalue weighted by atomic mass is 10.0. The lowest BCUT2D eigenvalue weighted by Gasteiger charge is -2.21. The summed E-state index contributed by atoms with van der Waals surface area (Å²) in [5.41, 5.74) is 6.06. The molecule has 5 N–H and O–H groups in total. The number of benzene rings is 1. The number of nitrogens with zero attached hydrogens (tertiary/aromatic N) is 1. The van der Waals surface area contributed by atoms with Crippen LogP contribution in [0.5, 0.6) is 5.75 Å². The third-order valence-electron chi connectivity index (χ3n) is 2.76. The number of phenolic OH excluding ortho intramolecular Hbond substituents is 1. The van der Waals surface area contributed by atoms with Gasteiger partial charge in [0.2, 0.25) is 5.91 Å². The molecule has 0 aliphatic rings. The van der Waals surface area contributed by atoms with Crippen LogP contribution in [0.1, 0.15) is 19.4 Å². The number of hydrogen-bond acceptors (Lipinski definition) is 4. The fraction of sp³-hybridized carbons (Fsp3) is 0.385. The first-order valence-electron chi connectivity index (χ1n) is 5.99. The van der Waals surface area contributed by atoms with Crippen molar-refractivity contribution in [1.29, 1.82) is 0 Å². The van der Waals surface area contributed by atoms with Crippen LogP contribution in [-0.2, 0) is 11.2 Å². The zero-order valence-corrected chi connectivity index (χ0v) is 11.0. The summed E-state index contributed by atoms with van der Waals surface area (Å²) in [6.07, 6.45) is 0.0363. The van der Waals surface area contributed by atoms with E-state index in [1.54, 1.807) is 18.2 Å². The molecule has 1 unspecified atom stereocenters. The molecular weight excluding hydrogens is 246 g/mol. The molecule has 0 aliphatic heterocycles. The molecule has 0 heterocycles. The SMILES string of the molecule is CC(C)C(NC(=O)Cc1ccccc1O)/C(N)=N/O. The van der Waals surface area contributed by atoms with E-state index in [0.717, 1.165) is 0 Å². The van der Waals surface area contributed by atoms with Crippen molar-refractivity contribution in [3.63, 3.8) is 0 Å². The predicted octanol–water partition coefficient (Wildman–Crippen LogP) is 0.822. The van der Waals surface area contributed by atoms with Crippen LogP contribution in [0.4, 0.5) is 0 Å². The highest BCUT2D eigenvalue weighted by Crippen LogP contribution is 2.16. The minimum atomic E-state index is -0.539. The van der Waals surface area contributed by atoms with Gasteiger partial charge in [0.1, 0.15) is 5.75 Å². The van der Waals surface area contributed by atoms with Crippen molar-refractivity contribution in [3.05, 3.63) is 29.8 Å². The Morgan fingerprint density at radius 1 is 1.42 bits per heavy atom. The highest BCUT2D eigenvalue weighted by molar-refractivity contribution is 5.90. The highest BCUT2D eigenvalue weighted by atomic mass is 16.4. The quantitative estimate of drug-likeness (QED) is 0.273. The summed E-state index contributed by atoms with van der Waals surface area (Å²) in [6, 6.07) is 6.08. The van der Waals surface area contributed by atoms with Gasteiger partial charge >= 0.3 is 0 Å². The molecule has 0 saturated heterocycles. The lowest BCUT2D eigenvalue weighted by Crippen LogP contribution is -2.48. The maximum Gasteiger partial charge on any atom is 0.225 e. The van der Waals surface area contributed by atoms with Crippen LogP contribution < -0.4 is 11.1 Å². The van der Waals surface area contributed by atoms with Crippen molar-refractivity contribution in [2.45, 2.75) is 26.3 Å². The molecule has 1 aromatic carbocycles. The first-order valence-corrected chi connectivity index (χ1v) is 5.99. The van der Waals surface area contributed by atoms with Crippen LogP contribution >= 0.6 is 0 Å². The number of nitrogens with one attached hydrogen (secondary N) is 1. The molecule has 104 valence electrons. The fourth-order valence-corrected chi connectivity index (χ4v) is 1.70. The molecule has 6 heteroatoms. The van der Waals surface area contributed by atoms with Gasteiger partial charge in [-0.05, 0) is 12.0 Å². The van der Waals surface area contributed by atoms with E-state index in [-0.39, 0.29) is 29.8 Å². The van der Waals surface area contributed by atoms with Crippen LogP contribution in [0.3, 0.4) is 0 Å². The summed E-state index contributed by atoms with van der Waals surface area (Å²) in [6.45, 7) is 3.70. The van der Waals surface area contributed by atoms with Gasteiger partial charge in [-0.2, -0.15) is 0 Å². The van der Waals surface area contributed by atoms with E-state index in [1.807, 2.05) is 13.8 Å². The number of amidine groups is 1. The second-order valence-corrected chi connectivity index (χ2v) is 4.62. The number of nitrogens with two attached hydrogens (primary N) is 1. The van der Waals surface area contributed by atoms with E-state index < -0.39 is 6.04 Å². The standard InChI is InChI=1S/C13H19N3O3/c1-8(2)12(13(14)16-19)15-11(18)7-9-5-3-4-6-10(9)17/h3-6,8,12,17,19H,7H2,1-2H3,(H2,14,16)(H,15,18). The molecule has 1 rings (SSSR count). The van der Waals surface area contributed by atoms with Crippen molar-refractivity contribution >= 4 is 11.7 Å². The van der Waals surface area contributed by atoms with Crippen molar-refractivity contribution in [1.82, 2.24) is 5.32 Å². The number of phenols is 1. The highest BCUT2D eigenvalue weighted by Gasteiger charge is 2.21. The minimum absolute atomic E-state index is 0.00998. The van der Waals surface area contributed by atoms with Crippen LogP contribution in [0.2, 0.25) is 0 Å². The maximum atomic E-state index is 11.9. The molecule has 1 atom stereocenters. The summed E-state index contributed by atoms with van der Waals surface area (Å²) < 4.78 is 0. The van der Waals surface area contributed by atoms with E-state index in [0.29, 0.717) is 5.56 Å². The molecular formula is C13H19N3O3. The minimum Gasteiger partial charge on any atom is -0.508 e. The predicted molar refractivity (Wildman–Crippen MR) is 72.0 cm³/mol. The van der Waals surface area contributed by atoms with Crippen LogP contribution in [0.15, 0.2) is 29.4 Å². The number of hydrogen-bond donors (Lipinski definition) is 4. The smallest absolute Gasteiger partial charge is 0.225 e. The topological polar surface area (TPSA) is 108 Å². The summed E-state index contributed by atoms with van der Waals surface area (Å²) in [5.74, 6) is -0.279. The number of para-hydroxylation sites is 1. The van der Waals surface area contributed by atoms with Gasteiger partial charge in [-0.25, -0.2) is 0 Å². The monoisotopic (exact) mass is 265 g/mol. The Morgan fingerprint density at radius 3 is 2.58 bits per heavy atom. The molecule has 0 aromatic heterocycles. The first-order chi connectivity index (χ1) is 8.95. The number of carbonyl (C=O) groups is 1. The number of aromatic hydroxyl groups is 1. The second kappa shape index (κ2) is 6.63. The summed E-state index contributed by atoms with van der Waals surface area (Å²) in [4.78, 5) is 11.9. The van der Waals surface area contributed by atoms with Gasteiger partial charge in [0, 0.05) is 5.56 Å². The molecule has 0 aliphatic carbocycles. The summed E-state index contributed by atoms with van der Waals surface area (Å²) >= 11 is 0. The van der Waals surface area contributed by atoms with Crippen LogP contribution in [0.25, 0.3) is 0 Å². The molecule has 0 saturated carbocycles. The Balaban J connectivity index is 2.71.